The number of carbonyl (C=O) groups excluding carboxylic acids is 1. The number of ether oxygens (including phenoxy) is 1. The molecule has 6 heteroatoms. The first-order chi connectivity index (χ1) is 6.93. The van der Waals surface area contributed by atoms with Crippen molar-refractivity contribution in [3.63, 3.8) is 0 Å². The molecule has 1 atom stereocenters. The minimum Gasteiger partial charge on any atom is -0.468 e. The van der Waals surface area contributed by atoms with Crippen LogP contribution in [-0.2, 0) is 9.53 Å². The van der Waals surface area contributed by atoms with E-state index in [9.17, 15) is 4.79 Å². The fraction of sp³-hybridized carbons (Fsp3) is 0.778. The van der Waals surface area contributed by atoms with Gasteiger partial charge in [-0.15, -0.1) is 11.6 Å². The Morgan fingerprint density at radius 3 is 2.47 bits per heavy atom. The van der Waals surface area contributed by atoms with Crippen LogP contribution in [0.5, 0.6) is 0 Å². The van der Waals surface area contributed by atoms with Gasteiger partial charge in [-0.05, 0) is 24.6 Å². The molecular formula is C9H16ClN2O2S+. The van der Waals surface area contributed by atoms with E-state index in [0.717, 1.165) is 12.8 Å². The summed E-state index contributed by atoms with van der Waals surface area (Å²) in [5.74, 6) is -0.381. The molecule has 0 aliphatic heterocycles. The van der Waals surface area contributed by atoms with Crippen LogP contribution in [0.25, 0.3) is 0 Å². The van der Waals surface area contributed by atoms with E-state index in [1.54, 1.807) is 0 Å². The second-order valence-electron chi connectivity index (χ2n) is 3.79. The number of alkyl halides is 1. The molecule has 0 amide bonds. The van der Waals surface area contributed by atoms with E-state index in [1.807, 2.05) is 18.7 Å². The molecule has 1 aliphatic carbocycles. The maximum absolute atomic E-state index is 11.3. The van der Waals surface area contributed by atoms with Crippen molar-refractivity contribution in [1.82, 2.24) is 0 Å². The van der Waals surface area contributed by atoms with E-state index in [0.29, 0.717) is 5.17 Å². The average molecular weight is 252 g/mol. The molecule has 0 bridgehead atoms. The topological polar surface area (TPSA) is 55.3 Å². The van der Waals surface area contributed by atoms with Crippen molar-refractivity contribution in [3.05, 3.63) is 0 Å². The van der Waals surface area contributed by atoms with Gasteiger partial charge in [-0.1, -0.05) is 0 Å². The number of thioether (sulfide) groups is 1. The van der Waals surface area contributed by atoms with Crippen LogP contribution in [0.4, 0.5) is 0 Å². The van der Waals surface area contributed by atoms with Gasteiger partial charge in [-0.25, -0.2) is 0 Å². The Hall–Kier alpha value is -0.420. The minimum atomic E-state index is -0.619. The van der Waals surface area contributed by atoms with Gasteiger partial charge in [0.15, 0.2) is 0 Å². The first-order valence-electron chi connectivity index (χ1n) is 4.63. The fourth-order valence-electron chi connectivity index (χ4n) is 1.15. The molecule has 0 spiro atoms. The molecule has 1 fully saturated rings. The highest BCUT2D eigenvalue weighted by atomic mass is 35.5. The summed E-state index contributed by atoms with van der Waals surface area (Å²) < 4.78 is 6.18. The number of hydrogen-bond acceptors (Lipinski definition) is 3. The van der Waals surface area contributed by atoms with Gasteiger partial charge in [0.25, 0.3) is 0 Å². The highest BCUT2D eigenvalue weighted by molar-refractivity contribution is 8.15. The maximum atomic E-state index is 11.3. The van der Waals surface area contributed by atoms with Gasteiger partial charge in [0.2, 0.25) is 0 Å². The van der Waals surface area contributed by atoms with Crippen molar-refractivity contribution in [2.45, 2.75) is 23.0 Å². The summed E-state index contributed by atoms with van der Waals surface area (Å²) >= 11 is 7.51. The van der Waals surface area contributed by atoms with Crippen LogP contribution in [0, 0.1) is 0 Å². The monoisotopic (exact) mass is 251 g/mol. The van der Waals surface area contributed by atoms with Gasteiger partial charge in [0.1, 0.15) is 5.38 Å². The van der Waals surface area contributed by atoms with Gasteiger partial charge in [0, 0.05) is 0 Å². The lowest BCUT2D eigenvalue weighted by Gasteiger charge is -2.16. The quantitative estimate of drug-likeness (QED) is 0.263. The predicted molar refractivity (Wildman–Crippen MR) is 62.5 cm³/mol. The highest BCUT2D eigenvalue weighted by Crippen LogP contribution is 2.53. The molecule has 0 aromatic heterocycles. The molecule has 1 unspecified atom stereocenters. The highest BCUT2D eigenvalue weighted by Gasteiger charge is 2.55. The number of nitrogens with two attached hydrogens (primary N) is 1. The number of methoxy groups -OCH3 is 1. The predicted octanol–water partition coefficient (Wildman–Crippen LogP) is 0.619. The van der Waals surface area contributed by atoms with Crippen LogP contribution in [0.3, 0.4) is 0 Å². The van der Waals surface area contributed by atoms with Gasteiger partial charge < -0.3 is 4.74 Å². The summed E-state index contributed by atoms with van der Waals surface area (Å²) in [5.41, 5.74) is 5.82. The second-order valence-corrected chi connectivity index (χ2v) is 5.66. The summed E-state index contributed by atoms with van der Waals surface area (Å²) in [5, 5.41) is 0.0491. The molecule has 1 saturated carbocycles. The van der Waals surface area contributed by atoms with Crippen molar-refractivity contribution in [2.75, 3.05) is 21.2 Å². The molecule has 15 heavy (non-hydrogen) atoms. The zero-order valence-corrected chi connectivity index (χ0v) is 10.7. The number of halogens is 1. The van der Waals surface area contributed by atoms with Crippen LogP contribution in [-0.4, -0.2) is 47.0 Å². The van der Waals surface area contributed by atoms with E-state index in [2.05, 4.69) is 4.74 Å². The zero-order chi connectivity index (χ0) is 11.6. The lowest BCUT2D eigenvalue weighted by molar-refractivity contribution is -0.462. The van der Waals surface area contributed by atoms with Crippen LogP contribution < -0.4 is 5.73 Å². The van der Waals surface area contributed by atoms with E-state index < -0.39 is 5.38 Å². The van der Waals surface area contributed by atoms with Crippen molar-refractivity contribution in [1.29, 1.82) is 0 Å². The van der Waals surface area contributed by atoms with Crippen molar-refractivity contribution < 1.29 is 14.1 Å². The maximum Gasteiger partial charge on any atom is 0.325 e. The lowest BCUT2D eigenvalue weighted by atomic mass is 10.3. The molecule has 0 saturated heterocycles. The first kappa shape index (κ1) is 12.6. The van der Waals surface area contributed by atoms with Gasteiger partial charge in [-0.2, -0.15) is 0 Å². The summed E-state index contributed by atoms with van der Waals surface area (Å²) in [7, 11) is 5.07. The number of amidine groups is 1. The average Bonchev–Trinajstić information content (AvgIpc) is 2.96. The minimum absolute atomic E-state index is 0.261. The summed E-state index contributed by atoms with van der Waals surface area (Å²) in [6.07, 6.45) is 1.80. The summed E-state index contributed by atoms with van der Waals surface area (Å²) in [6.45, 7) is 0. The third kappa shape index (κ3) is 2.78. The Morgan fingerprint density at radius 1 is 1.60 bits per heavy atom. The molecular weight excluding hydrogens is 236 g/mol. The normalized spacial score (nSPS) is 19.2. The zero-order valence-electron chi connectivity index (χ0n) is 9.12. The molecule has 1 rings (SSSR count). The Balaban J connectivity index is 2.69. The van der Waals surface area contributed by atoms with Crippen molar-refractivity contribution in [3.8, 4) is 0 Å². The number of esters is 1. The van der Waals surface area contributed by atoms with Crippen LogP contribution in [0.1, 0.15) is 12.8 Å². The number of hydrogen-bond donors (Lipinski definition) is 1. The third-order valence-corrected chi connectivity index (χ3v) is 4.71. The SMILES string of the molecule is COC(=O)C(Cl)C1(SC(N)=[N+](C)C)CC1. The van der Waals surface area contributed by atoms with Crippen molar-refractivity contribution in [2.24, 2.45) is 5.73 Å². The van der Waals surface area contributed by atoms with Crippen LogP contribution in [0.15, 0.2) is 0 Å². The number of carbonyl (C=O) groups is 1. The van der Waals surface area contributed by atoms with E-state index in [-0.39, 0.29) is 10.7 Å². The Labute approximate surface area is 98.8 Å². The summed E-state index contributed by atoms with van der Waals surface area (Å²) in [4.78, 5) is 11.3. The van der Waals surface area contributed by atoms with Crippen molar-refractivity contribution >= 4 is 34.5 Å². The Kier molecular flexibility index (Phi) is 3.89. The standard InChI is InChI=1S/C9H15ClN2O2S/c1-12(2)8(11)15-9(4-5-9)6(10)7(13)14-3/h6,11H,4-5H2,1-3H3/p+1. The Bertz CT molecular complexity index is 298. The van der Waals surface area contributed by atoms with E-state index in [1.165, 1.54) is 18.9 Å². The number of rotatable bonds is 3. The summed E-state index contributed by atoms with van der Waals surface area (Å²) in [6, 6.07) is 0. The van der Waals surface area contributed by atoms with Crippen LogP contribution >= 0.6 is 23.4 Å². The van der Waals surface area contributed by atoms with Crippen LogP contribution in [0.2, 0.25) is 0 Å². The molecule has 0 aromatic carbocycles. The van der Waals surface area contributed by atoms with E-state index in [4.69, 9.17) is 17.3 Å². The van der Waals surface area contributed by atoms with Gasteiger partial charge in [0.05, 0.1) is 26.0 Å². The van der Waals surface area contributed by atoms with E-state index >= 15 is 0 Å². The molecule has 2 N–H and O–H groups in total. The molecule has 0 radical (unpaired) electrons. The molecule has 0 heterocycles. The fourth-order valence-corrected chi connectivity index (χ4v) is 2.69. The molecule has 86 valence electrons. The molecule has 4 nitrogen and oxygen atoms in total. The lowest BCUT2D eigenvalue weighted by Crippen LogP contribution is -2.33. The third-order valence-electron chi connectivity index (χ3n) is 2.36. The molecule has 1 aliphatic rings. The van der Waals surface area contributed by atoms with Gasteiger partial charge in [-0.3, -0.25) is 15.1 Å². The molecule has 0 aromatic rings. The van der Waals surface area contributed by atoms with Gasteiger partial charge >= 0.3 is 11.1 Å². The Morgan fingerprint density at radius 2 is 2.13 bits per heavy atom. The first-order valence-corrected chi connectivity index (χ1v) is 5.89. The number of nitrogens with zero attached hydrogens (tertiary/aromatic N) is 1. The largest absolute Gasteiger partial charge is 0.468 e. The smallest absolute Gasteiger partial charge is 0.325 e. The second kappa shape index (κ2) is 4.61.